The number of nitrogens with one attached hydrogen (secondary N) is 1. The molecule has 4 rings (SSSR count). The minimum absolute atomic E-state index is 0.0305. The van der Waals surface area contributed by atoms with E-state index >= 15 is 0 Å². The number of carbonyl (C=O) groups excluding carboxylic acids is 1. The van der Waals surface area contributed by atoms with E-state index in [2.05, 4.69) is 62.5 Å². The molecule has 0 aromatic heterocycles. The Morgan fingerprint density at radius 1 is 0.824 bits per heavy atom. The molecule has 0 aliphatic carbocycles. The minimum Gasteiger partial charge on any atom is -0.494 e. The van der Waals surface area contributed by atoms with Crippen LogP contribution in [0.2, 0.25) is 0 Å². The van der Waals surface area contributed by atoms with Gasteiger partial charge in [0.15, 0.2) is 0 Å². The fourth-order valence-electron chi connectivity index (χ4n) is 4.15. The van der Waals surface area contributed by atoms with Gasteiger partial charge < -0.3 is 10.1 Å². The molecule has 1 atom stereocenters. The summed E-state index contributed by atoms with van der Waals surface area (Å²) in [6.07, 6.45) is 6.13. The zero-order valence-corrected chi connectivity index (χ0v) is 20.4. The van der Waals surface area contributed by atoms with E-state index in [-0.39, 0.29) is 11.9 Å². The highest BCUT2D eigenvalue weighted by Gasteiger charge is 2.34. The summed E-state index contributed by atoms with van der Waals surface area (Å²) >= 11 is 0. The molecule has 0 unspecified atom stereocenters. The summed E-state index contributed by atoms with van der Waals surface area (Å²) in [5, 5.41) is 3.35. The van der Waals surface area contributed by atoms with Crippen LogP contribution in [0.1, 0.15) is 56.3 Å². The second kappa shape index (κ2) is 11.1. The van der Waals surface area contributed by atoms with Gasteiger partial charge in [0.1, 0.15) is 11.4 Å². The molecule has 176 valence electrons. The molecule has 0 saturated carbocycles. The topological polar surface area (TPSA) is 41.6 Å². The number of nitrogens with zero attached hydrogens (tertiary/aromatic N) is 1. The van der Waals surface area contributed by atoms with Gasteiger partial charge in [-0.2, -0.15) is 0 Å². The largest absolute Gasteiger partial charge is 0.494 e. The van der Waals surface area contributed by atoms with E-state index in [0.29, 0.717) is 5.70 Å². The van der Waals surface area contributed by atoms with Gasteiger partial charge in [-0.25, -0.2) is 0 Å². The van der Waals surface area contributed by atoms with Crippen molar-refractivity contribution in [3.8, 4) is 5.75 Å². The molecule has 0 radical (unpaired) electrons. The number of rotatable bonds is 10. The van der Waals surface area contributed by atoms with Gasteiger partial charge in [-0.05, 0) is 78.4 Å². The predicted molar refractivity (Wildman–Crippen MR) is 140 cm³/mol. The third-order valence-electron chi connectivity index (χ3n) is 6.30. The molecule has 4 heteroatoms. The second-order valence-corrected chi connectivity index (χ2v) is 8.67. The molecule has 1 aliphatic rings. The van der Waals surface area contributed by atoms with E-state index in [1.807, 2.05) is 47.4 Å². The number of hydrogen-bond donors (Lipinski definition) is 1. The first-order valence-electron chi connectivity index (χ1n) is 12.4. The average Bonchev–Trinajstić information content (AvgIpc) is 3.20. The summed E-state index contributed by atoms with van der Waals surface area (Å²) in [7, 11) is 0. The Balaban J connectivity index is 1.62. The van der Waals surface area contributed by atoms with Crippen LogP contribution in [-0.4, -0.2) is 12.5 Å². The summed E-state index contributed by atoms with van der Waals surface area (Å²) in [6.45, 7) is 7.15. The molecule has 3 aromatic rings. The van der Waals surface area contributed by atoms with Gasteiger partial charge in [0, 0.05) is 11.4 Å². The van der Waals surface area contributed by atoms with Crippen molar-refractivity contribution in [3.63, 3.8) is 0 Å². The highest BCUT2D eigenvalue weighted by molar-refractivity contribution is 6.11. The van der Waals surface area contributed by atoms with Crippen LogP contribution < -0.4 is 15.0 Å². The standard InChI is InChI=1S/C30H34N2O2/c1-4-7-20-34-27-18-12-24(13-19-27)29-21-28(31-25-14-8-22(5-2)9-15-25)30(33)32(29)26-16-10-23(6-3)11-17-26/h8-19,21,29,31H,4-7,20H2,1-3H3/t29-/m0/s1. The first kappa shape index (κ1) is 23.6. The van der Waals surface area contributed by atoms with Crippen LogP contribution in [0.25, 0.3) is 0 Å². The van der Waals surface area contributed by atoms with Crippen LogP contribution in [0.15, 0.2) is 84.6 Å². The molecule has 4 nitrogen and oxygen atoms in total. The molecule has 1 heterocycles. The van der Waals surface area contributed by atoms with E-state index in [0.717, 1.165) is 55.0 Å². The maximum Gasteiger partial charge on any atom is 0.275 e. The van der Waals surface area contributed by atoms with Gasteiger partial charge in [0.05, 0.1) is 12.6 Å². The van der Waals surface area contributed by atoms with E-state index in [1.165, 1.54) is 11.1 Å². The van der Waals surface area contributed by atoms with E-state index in [9.17, 15) is 4.79 Å². The lowest BCUT2D eigenvalue weighted by atomic mass is 10.1. The van der Waals surface area contributed by atoms with Crippen molar-refractivity contribution in [3.05, 3.63) is 101 Å². The Morgan fingerprint density at radius 3 is 2.03 bits per heavy atom. The number of amides is 1. The number of aryl methyl sites for hydroxylation is 2. The fraction of sp³-hybridized carbons (Fsp3) is 0.300. The van der Waals surface area contributed by atoms with Crippen molar-refractivity contribution in [2.75, 3.05) is 16.8 Å². The number of carbonyl (C=O) groups is 1. The van der Waals surface area contributed by atoms with Crippen LogP contribution in [0.4, 0.5) is 11.4 Å². The molecule has 0 fully saturated rings. The van der Waals surface area contributed by atoms with Crippen molar-refractivity contribution in [2.24, 2.45) is 0 Å². The Bertz CT molecular complexity index is 1120. The fourth-order valence-corrected chi connectivity index (χ4v) is 4.15. The lowest BCUT2D eigenvalue weighted by Gasteiger charge is -2.25. The normalized spacial score (nSPS) is 15.4. The summed E-state index contributed by atoms with van der Waals surface area (Å²) in [6, 6.07) is 24.4. The van der Waals surface area contributed by atoms with Crippen LogP contribution in [0.5, 0.6) is 5.75 Å². The molecule has 0 spiro atoms. The lowest BCUT2D eigenvalue weighted by molar-refractivity contribution is -0.114. The molecule has 1 amide bonds. The summed E-state index contributed by atoms with van der Waals surface area (Å²) < 4.78 is 5.83. The van der Waals surface area contributed by atoms with E-state index in [1.54, 1.807) is 0 Å². The van der Waals surface area contributed by atoms with Crippen molar-refractivity contribution in [1.82, 2.24) is 0 Å². The monoisotopic (exact) mass is 454 g/mol. The number of hydrogen-bond acceptors (Lipinski definition) is 3. The van der Waals surface area contributed by atoms with Crippen molar-refractivity contribution >= 4 is 17.3 Å². The number of ether oxygens (including phenoxy) is 1. The number of anilines is 2. The molecule has 1 aliphatic heterocycles. The zero-order chi connectivity index (χ0) is 23.9. The molecule has 1 N–H and O–H groups in total. The number of unbranched alkanes of at least 4 members (excludes halogenated alkanes) is 1. The summed E-state index contributed by atoms with van der Waals surface area (Å²) in [5.74, 6) is 0.829. The zero-order valence-electron chi connectivity index (χ0n) is 20.4. The van der Waals surface area contributed by atoms with Crippen LogP contribution in [0, 0.1) is 0 Å². The molecule has 0 bridgehead atoms. The first-order valence-corrected chi connectivity index (χ1v) is 12.4. The lowest BCUT2D eigenvalue weighted by Crippen LogP contribution is -2.30. The Hall–Kier alpha value is -3.53. The SMILES string of the molecule is CCCCOc1ccc([C@@H]2C=C(Nc3ccc(CC)cc3)C(=O)N2c2ccc(CC)cc2)cc1. The van der Waals surface area contributed by atoms with Gasteiger partial charge in [-0.3, -0.25) is 9.69 Å². The van der Waals surface area contributed by atoms with Crippen molar-refractivity contribution in [1.29, 1.82) is 0 Å². The smallest absolute Gasteiger partial charge is 0.275 e. The van der Waals surface area contributed by atoms with E-state index in [4.69, 9.17) is 4.74 Å². The highest BCUT2D eigenvalue weighted by atomic mass is 16.5. The van der Waals surface area contributed by atoms with Gasteiger partial charge >= 0.3 is 0 Å². The molecule has 0 saturated heterocycles. The Labute approximate surface area is 203 Å². The van der Waals surface area contributed by atoms with Crippen molar-refractivity contribution < 1.29 is 9.53 Å². The molecule has 34 heavy (non-hydrogen) atoms. The third-order valence-corrected chi connectivity index (χ3v) is 6.30. The quantitative estimate of drug-likeness (QED) is 0.333. The number of benzene rings is 3. The molecular weight excluding hydrogens is 420 g/mol. The highest BCUT2D eigenvalue weighted by Crippen LogP contribution is 2.37. The van der Waals surface area contributed by atoms with Gasteiger partial charge in [-0.1, -0.05) is 63.6 Å². The van der Waals surface area contributed by atoms with Gasteiger partial charge in [0.2, 0.25) is 0 Å². The molecule has 3 aromatic carbocycles. The van der Waals surface area contributed by atoms with Gasteiger partial charge in [-0.15, -0.1) is 0 Å². The third kappa shape index (κ3) is 5.33. The predicted octanol–water partition coefficient (Wildman–Crippen LogP) is 7.07. The Kier molecular flexibility index (Phi) is 7.69. The first-order chi connectivity index (χ1) is 16.6. The van der Waals surface area contributed by atoms with Crippen molar-refractivity contribution in [2.45, 2.75) is 52.5 Å². The van der Waals surface area contributed by atoms with Crippen LogP contribution in [0.3, 0.4) is 0 Å². The van der Waals surface area contributed by atoms with Gasteiger partial charge in [0.25, 0.3) is 5.91 Å². The minimum atomic E-state index is -0.193. The average molecular weight is 455 g/mol. The van der Waals surface area contributed by atoms with E-state index < -0.39 is 0 Å². The second-order valence-electron chi connectivity index (χ2n) is 8.67. The Morgan fingerprint density at radius 2 is 1.44 bits per heavy atom. The van der Waals surface area contributed by atoms with Crippen LogP contribution in [-0.2, 0) is 17.6 Å². The van der Waals surface area contributed by atoms with Crippen LogP contribution >= 0.6 is 0 Å². The summed E-state index contributed by atoms with van der Waals surface area (Å²) in [4.78, 5) is 15.5. The molecular formula is C30H34N2O2. The maximum absolute atomic E-state index is 13.6. The summed E-state index contributed by atoms with van der Waals surface area (Å²) in [5.41, 5.74) is 5.98. The maximum atomic E-state index is 13.6.